The molecule has 2 aliphatic rings. The molecule has 16 heteroatoms. The Labute approximate surface area is 380 Å². The van der Waals surface area contributed by atoms with Crippen molar-refractivity contribution in [3.63, 3.8) is 0 Å². The number of hydrogen-bond acceptors (Lipinski definition) is 12. The number of amides is 2. The number of likely N-dealkylation sites (tertiary alicyclic amines) is 2. The van der Waals surface area contributed by atoms with Crippen LogP contribution in [0.1, 0.15) is 44.2 Å². The lowest BCUT2D eigenvalue weighted by atomic mass is 10.0. The van der Waals surface area contributed by atoms with Crippen molar-refractivity contribution in [2.45, 2.75) is 44.2 Å². The van der Waals surface area contributed by atoms with Crippen molar-refractivity contribution in [1.82, 2.24) is 49.3 Å². The quantitative estimate of drug-likeness (QED) is 0.106. The number of benzene rings is 4. The van der Waals surface area contributed by atoms with E-state index in [-0.39, 0.29) is 18.0 Å². The number of nitrogen functional groups attached to an aromatic ring is 1. The fraction of sp³-hybridized carbons (Fsp3) is 0.240. The largest absolute Gasteiger partial charge is 0.457 e. The van der Waals surface area contributed by atoms with E-state index in [1.165, 1.54) is 18.7 Å². The molecule has 4 aromatic carbocycles. The molecule has 6 heterocycles. The number of rotatable bonds is 13. The lowest BCUT2D eigenvalue weighted by Gasteiger charge is -2.35. The van der Waals surface area contributed by atoms with Gasteiger partial charge in [-0.25, -0.2) is 29.3 Å². The van der Waals surface area contributed by atoms with Gasteiger partial charge in [0.15, 0.2) is 11.3 Å². The second-order valence-corrected chi connectivity index (χ2v) is 16.5. The molecule has 8 aromatic rings. The van der Waals surface area contributed by atoms with Gasteiger partial charge in [-0.1, -0.05) is 43.0 Å². The molecule has 2 amide bonds. The summed E-state index contributed by atoms with van der Waals surface area (Å²) in [6, 6.07) is 34.5. The van der Waals surface area contributed by atoms with Crippen molar-refractivity contribution in [3.8, 4) is 45.5 Å². The average Bonchev–Trinajstić information content (AvgIpc) is 3.96. The molecule has 4 aromatic heterocycles. The molecule has 0 saturated carbocycles. The molecule has 0 unspecified atom stereocenters. The van der Waals surface area contributed by atoms with Gasteiger partial charge in [-0.15, -0.1) is 0 Å². The third-order valence-electron chi connectivity index (χ3n) is 12.2. The van der Waals surface area contributed by atoms with Crippen LogP contribution in [0.2, 0.25) is 0 Å². The average molecular weight is 881 g/mol. The third kappa shape index (κ3) is 8.77. The number of para-hydroxylation sites is 2. The Morgan fingerprint density at radius 3 is 1.80 bits per heavy atom. The molecule has 16 nitrogen and oxygen atoms in total. The highest BCUT2D eigenvalue weighted by molar-refractivity contribution is 6.07. The van der Waals surface area contributed by atoms with Crippen LogP contribution in [0, 0.1) is 0 Å². The lowest BCUT2D eigenvalue weighted by Crippen LogP contribution is -2.43. The van der Waals surface area contributed by atoms with Crippen LogP contribution in [0.4, 0.5) is 11.6 Å². The van der Waals surface area contributed by atoms with E-state index in [9.17, 15) is 9.59 Å². The fourth-order valence-electron chi connectivity index (χ4n) is 8.98. The third-order valence-corrected chi connectivity index (χ3v) is 12.2. The van der Waals surface area contributed by atoms with Crippen LogP contribution in [0.3, 0.4) is 0 Å². The molecule has 0 radical (unpaired) electrons. The molecule has 0 bridgehead atoms. The van der Waals surface area contributed by atoms with E-state index in [0.717, 1.165) is 54.9 Å². The summed E-state index contributed by atoms with van der Waals surface area (Å²) in [5.41, 5.74) is 10.8. The summed E-state index contributed by atoms with van der Waals surface area (Å²) in [5, 5.41) is 14.4. The minimum Gasteiger partial charge on any atom is -0.457 e. The molecule has 332 valence electrons. The Bertz CT molecular complexity index is 3010. The minimum atomic E-state index is -0.396. The number of fused-ring (bicyclic) bond motifs is 2. The number of nitrogens with one attached hydrogen (secondary N) is 1. The Hall–Kier alpha value is -7.98. The maximum absolute atomic E-state index is 14.0. The van der Waals surface area contributed by atoms with Crippen molar-refractivity contribution < 1.29 is 19.1 Å². The summed E-state index contributed by atoms with van der Waals surface area (Å²) in [5.74, 6) is 3.27. The number of ether oxygens (including phenoxy) is 2. The first-order valence-electron chi connectivity index (χ1n) is 22.2. The van der Waals surface area contributed by atoms with E-state index in [0.29, 0.717) is 89.2 Å². The van der Waals surface area contributed by atoms with E-state index in [1.54, 1.807) is 0 Å². The number of aromatic nitrogens is 8. The molecule has 2 atom stereocenters. The van der Waals surface area contributed by atoms with Crippen molar-refractivity contribution >= 4 is 45.5 Å². The fourth-order valence-corrected chi connectivity index (χ4v) is 8.98. The van der Waals surface area contributed by atoms with Crippen LogP contribution >= 0.6 is 0 Å². The van der Waals surface area contributed by atoms with Gasteiger partial charge >= 0.3 is 0 Å². The van der Waals surface area contributed by atoms with Gasteiger partial charge in [-0.2, -0.15) is 10.2 Å². The van der Waals surface area contributed by atoms with Gasteiger partial charge in [-0.3, -0.25) is 9.59 Å². The van der Waals surface area contributed by atoms with E-state index in [2.05, 4.69) is 36.7 Å². The zero-order valence-corrected chi connectivity index (χ0v) is 36.2. The Morgan fingerprint density at radius 2 is 1.20 bits per heavy atom. The topological polar surface area (TPSA) is 184 Å². The maximum Gasteiger partial charge on any atom is 0.248 e. The number of carbonyl (C=O) groups is 2. The predicted octanol–water partition coefficient (Wildman–Crippen LogP) is 8.48. The highest BCUT2D eigenvalue weighted by Crippen LogP contribution is 2.38. The van der Waals surface area contributed by atoms with Crippen molar-refractivity contribution in [2.75, 3.05) is 43.8 Å². The number of anilines is 2. The molecule has 66 heavy (non-hydrogen) atoms. The van der Waals surface area contributed by atoms with Gasteiger partial charge in [0.25, 0.3) is 0 Å². The second-order valence-electron chi connectivity index (χ2n) is 16.5. The van der Waals surface area contributed by atoms with Crippen LogP contribution in [-0.2, 0) is 9.59 Å². The Kier molecular flexibility index (Phi) is 11.9. The summed E-state index contributed by atoms with van der Waals surface area (Å²) in [4.78, 5) is 49.0. The van der Waals surface area contributed by atoms with Gasteiger partial charge in [-0.05, 0) is 111 Å². The molecule has 2 fully saturated rings. The van der Waals surface area contributed by atoms with E-state index >= 15 is 0 Å². The Morgan fingerprint density at radius 1 is 0.667 bits per heavy atom. The minimum absolute atomic E-state index is 0.0254. The molecular weight excluding hydrogens is 833 g/mol. The first-order valence-corrected chi connectivity index (χ1v) is 22.2. The number of nitrogens with zero attached hydrogens (tertiary/aromatic N) is 10. The normalized spacial score (nSPS) is 16.6. The van der Waals surface area contributed by atoms with E-state index in [4.69, 9.17) is 25.4 Å². The zero-order valence-electron chi connectivity index (χ0n) is 36.2. The van der Waals surface area contributed by atoms with Gasteiger partial charge in [0.1, 0.15) is 58.7 Å². The molecule has 2 aliphatic heterocycles. The molecule has 0 aliphatic carbocycles. The molecular formula is C50H48N12O4. The smallest absolute Gasteiger partial charge is 0.248 e. The number of piperidine rings is 2. The highest BCUT2D eigenvalue weighted by atomic mass is 16.5. The first kappa shape index (κ1) is 42.0. The summed E-state index contributed by atoms with van der Waals surface area (Å²) in [6.07, 6.45) is 7.95. The van der Waals surface area contributed by atoms with Crippen LogP contribution < -0.4 is 20.5 Å². The lowest BCUT2D eigenvalue weighted by molar-refractivity contribution is -0.133. The number of nitrogens with two attached hydrogens (primary N) is 1. The predicted molar refractivity (Wildman–Crippen MR) is 252 cm³/mol. The van der Waals surface area contributed by atoms with Crippen molar-refractivity contribution in [1.29, 1.82) is 0 Å². The van der Waals surface area contributed by atoms with Crippen LogP contribution in [-0.4, -0.2) is 93.8 Å². The Balaban J connectivity index is 0.834. The monoisotopic (exact) mass is 880 g/mol. The van der Waals surface area contributed by atoms with Crippen molar-refractivity contribution in [3.05, 3.63) is 135 Å². The number of carbonyl (C=O) groups excluding carboxylic acids is 2. The maximum atomic E-state index is 14.0. The summed E-state index contributed by atoms with van der Waals surface area (Å²) in [6.45, 7) is 6.96. The van der Waals surface area contributed by atoms with Crippen molar-refractivity contribution in [2.24, 2.45) is 0 Å². The van der Waals surface area contributed by atoms with E-state index < -0.39 is 5.91 Å². The summed E-state index contributed by atoms with van der Waals surface area (Å²) < 4.78 is 16.0. The zero-order chi connectivity index (χ0) is 45.0. The number of hydrogen-bond donors (Lipinski definition) is 2. The van der Waals surface area contributed by atoms with Crippen LogP contribution in [0.5, 0.6) is 23.0 Å². The SMILES string of the molecule is C=CC(=O)Nc1ncnc2c1c(-c1ccc(Oc3ccccc3)cc1)nn2[C@H]1CCCN(C(=O)CCN2CCC[C@@H](n3nc(-c4ccc(Oc5ccccc5)cc4)c4c(N)ncnc43)C2)C1. The van der Waals surface area contributed by atoms with Gasteiger partial charge < -0.3 is 30.3 Å². The highest BCUT2D eigenvalue weighted by Gasteiger charge is 2.31. The summed E-state index contributed by atoms with van der Waals surface area (Å²) >= 11 is 0. The van der Waals surface area contributed by atoms with E-state index in [1.807, 2.05) is 123 Å². The first-order chi connectivity index (χ1) is 32.4. The molecule has 0 spiro atoms. The standard InChI is InChI=1S/C50H48N12O4/c1-2-41(63)56-48-44-46(34-19-23-40(24-20-34)66-38-15-7-4-8-16-38)58-62(50(44)55-32-53-48)36-12-10-27-60(30-36)42(64)25-28-59-26-9-11-35(29-59)61-49-43(47(51)52-31-54-49)45(57-61)33-17-21-39(22-18-33)65-37-13-5-3-6-14-37/h2-8,13-24,31-32,35-36H,1,9-12,25-30H2,(H2,51,52,54)(H,53,55,56,63)/t35-,36+/m1/s1. The van der Waals surface area contributed by atoms with Crippen LogP contribution in [0.25, 0.3) is 44.6 Å². The summed E-state index contributed by atoms with van der Waals surface area (Å²) in [7, 11) is 0. The van der Waals surface area contributed by atoms with Gasteiger partial charge in [0, 0.05) is 43.7 Å². The van der Waals surface area contributed by atoms with Gasteiger partial charge in [0.05, 0.1) is 22.9 Å². The molecule has 2 saturated heterocycles. The second kappa shape index (κ2) is 18.6. The van der Waals surface area contributed by atoms with Gasteiger partial charge in [0.2, 0.25) is 11.8 Å². The van der Waals surface area contributed by atoms with Crippen LogP contribution in [0.15, 0.2) is 135 Å². The molecule has 10 rings (SSSR count). The molecule has 3 N–H and O–H groups in total.